The smallest absolute Gasteiger partial charge is 0.121 e. The molecule has 0 aromatic heterocycles. The lowest BCUT2D eigenvalue weighted by atomic mass is 10.1. The molecule has 12 heavy (non-hydrogen) atoms. The van der Waals surface area contributed by atoms with Crippen LogP contribution < -0.4 is 0 Å². The number of benzene rings is 1. The Hall–Kier alpha value is -0.280. The van der Waals surface area contributed by atoms with Crippen molar-refractivity contribution in [1.29, 1.82) is 0 Å². The standard InChI is InChI=1S/C9H8Br2O/c1-2-3-7-8(11)4-6(10)5-9(7)12/h2,4-5,12H,1,3H2. The van der Waals surface area contributed by atoms with E-state index in [1.165, 1.54) is 0 Å². The summed E-state index contributed by atoms with van der Waals surface area (Å²) in [5.41, 5.74) is 0.869. The molecule has 0 fully saturated rings. The van der Waals surface area contributed by atoms with E-state index >= 15 is 0 Å². The Balaban J connectivity index is 3.18. The second kappa shape index (κ2) is 4.10. The van der Waals surface area contributed by atoms with Crippen LogP contribution in [0.15, 0.2) is 33.7 Å². The average molecular weight is 292 g/mol. The summed E-state index contributed by atoms with van der Waals surface area (Å²) in [6, 6.07) is 3.57. The highest BCUT2D eigenvalue weighted by Crippen LogP contribution is 2.30. The number of halogens is 2. The molecule has 0 amide bonds. The topological polar surface area (TPSA) is 20.2 Å². The molecule has 0 saturated carbocycles. The lowest BCUT2D eigenvalue weighted by Gasteiger charge is -2.04. The summed E-state index contributed by atoms with van der Waals surface area (Å²) >= 11 is 6.64. The Morgan fingerprint density at radius 3 is 2.58 bits per heavy atom. The molecule has 0 atom stereocenters. The summed E-state index contributed by atoms with van der Waals surface area (Å²) < 4.78 is 1.76. The molecule has 0 saturated heterocycles. The molecule has 0 aliphatic rings. The van der Waals surface area contributed by atoms with Crippen LogP contribution in [0.3, 0.4) is 0 Å². The molecular weight excluding hydrogens is 284 g/mol. The Morgan fingerprint density at radius 2 is 2.08 bits per heavy atom. The van der Waals surface area contributed by atoms with Crippen LogP contribution in [0.25, 0.3) is 0 Å². The highest BCUT2D eigenvalue weighted by atomic mass is 79.9. The molecule has 1 aromatic rings. The Labute approximate surface area is 88.4 Å². The second-order valence-electron chi connectivity index (χ2n) is 2.38. The van der Waals surface area contributed by atoms with Crippen molar-refractivity contribution >= 4 is 31.9 Å². The van der Waals surface area contributed by atoms with Gasteiger partial charge in [-0.1, -0.05) is 37.9 Å². The molecule has 0 unspecified atom stereocenters. The van der Waals surface area contributed by atoms with E-state index < -0.39 is 0 Å². The third-order valence-electron chi connectivity index (χ3n) is 1.49. The molecule has 1 rings (SSSR count). The van der Waals surface area contributed by atoms with E-state index in [4.69, 9.17) is 0 Å². The number of hydrogen-bond acceptors (Lipinski definition) is 1. The third kappa shape index (κ3) is 2.11. The van der Waals surface area contributed by atoms with Crippen molar-refractivity contribution in [3.05, 3.63) is 39.3 Å². The van der Waals surface area contributed by atoms with Crippen LogP contribution in [-0.4, -0.2) is 5.11 Å². The van der Waals surface area contributed by atoms with Gasteiger partial charge in [0.2, 0.25) is 0 Å². The van der Waals surface area contributed by atoms with Gasteiger partial charge in [-0.25, -0.2) is 0 Å². The van der Waals surface area contributed by atoms with Gasteiger partial charge in [-0.05, 0) is 18.6 Å². The maximum absolute atomic E-state index is 9.50. The van der Waals surface area contributed by atoms with Gasteiger partial charge in [-0.2, -0.15) is 0 Å². The van der Waals surface area contributed by atoms with Crippen molar-refractivity contribution in [2.75, 3.05) is 0 Å². The first kappa shape index (κ1) is 9.81. The summed E-state index contributed by atoms with van der Waals surface area (Å²) in [6.07, 6.45) is 2.42. The Bertz CT molecular complexity index is 284. The molecule has 1 aromatic carbocycles. The number of aromatic hydroxyl groups is 1. The Morgan fingerprint density at radius 1 is 1.42 bits per heavy atom. The number of phenolic OH excluding ortho intramolecular Hbond substituents is 1. The molecule has 64 valence electrons. The molecule has 1 N–H and O–H groups in total. The van der Waals surface area contributed by atoms with Gasteiger partial charge < -0.3 is 5.11 Å². The zero-order chi connectivity index (χ0) is 9.14. The lowest BCUT2D eigenvalue weighted by molar-refractivity contribution is 0.469. The van der Waals surface area contributed by atoms with Gasteiger partial charge >= 0.3 is 0 Å². The van der Waals surface area contributed by atoms with Gasteiger partial charge in [-0.3, -0.25) is 0 Å². The van der Waals surface area contributed by atoms with Crippen molar-refractivity contribution in [3.63, 3.8) is 0 Å². The molecular formula is C9H8Br2O. The van der Waals surface area contributed by atoms with Crippen LogP contribution in [0.2, 0.25) is 0 Å². The summed E-state index contributed by atoms with van der Waals surface area (Å²) in [5.74, 6) is 0.288. The largest absolute Gasteiger partial charge is 0.508 e. The summed E-state index contributed by atoms with van der Waals surface area (Å²) in [4.78, 5) is 0. The molecule has 0 spiro atoms. The van der Waals surface area contributed by atoms with Crippen molar-refractivity contribution < 1.29 is 5.11 Å². The first-order chi connectivity index (χ1) is 5.65. The minimum absolute atomic E-state index is 0.288. The number of hydrogen-bond donors (Lipinski definition) is 1. The van der Waals surface area contributed by atoms with Crippen LogP contribution in [0.1, 0.15) is 5.56 Å². The predicted octanol–water partition coefficient (Wildman–Crippen LogP) is 3.65. The lowest BCUT2D eigenvalue weighted by Crippen LogP contribution is -1.84. The van der Waals surface area contributed by atoms with Gasteiger partial charge in [0, 0.05) is 14.5 Å². The third-order valence-corrected chi connectivity index (χ3v) is 2.65. The molecule has 3 heteroatoms. The van der Waals surface area contributed by atoms with E-state index in [1.807, 2.05) is 6.07 Å². The molecule has 0 aliphatic heterocycles. The highest BCUT2D eigenvalue weighted by Gasteiger charge is 2.05. The van der Waals surface area contributed by atoms with Crippen LogP contribution in [-0.2, 0) is 6.42 Å². The van der Waals surface area contributed by atoms with E-state index in [0.29, 0.717) is 6.42 Å². The average Bonchev–Trinajstić information content (AvgIpc) is 1.96. The minimum atomic E-state index is 0.288. The number of phenols is 1. The van der Waals surface area contributed by atoms with E-state index in [2.05, 4.69) is 38.4 Å². The molecule has 0 bridgehead atoms. The Kier molecular flexibility index (Phi) is 3.35. The van der Waals surface area contributed by atoms with Crippen molar-refractivity contribution in [2.24, 2.45) is 0 Å². The summed E-state index contributed by atoms with van der Waals surface area (Å²) in [7, 11) is 0. The molecule has 0 heterocycles. The zero-order valence-electron chi connectivity index (χ0n) is 6.35. The summed E-state index contributed by atoms with van der Waals surface area (Å²) in [5, 5.41) is 9.50. The molecule has 0 aliphatic carbocycles. The second-order valence-corrected chi connectivity index (χ2v) is 4.15. The zero-order valence-corrected chi connectivity index (χ0v) is 9.52. The van der Waals surface area contributed by atoms with E-state index in [-0.39, 0.29) is 5.75 Å². The fourth-order valence-corrected chi connectivity index (χ4v) is 2.30. The fraction of sp³-hybridized carbons (Fsp3) is 0.111. The molecule has 0 radical (unpaired) electrons. The maximum atomic E-state index is 9.50. The normalized spacial score (nSPS) is 9.83. The van der Waals surface area contributed by atoms with Gasteiger partial charge in [0.1, 0.15) is 5.75 Å². The van der Waals surface area contributed by atoms with Gasteiger partial charge in [0.25, 0.3) is 0 Å². The van der Waals surface area contributed by atoms with Crippen molar-refractivity contribution in [3.8, 4) is 5.75 Å². The quantitative estimate of drug-likeness (QED) is 0.825. The first-order valence-electron chi connectivity index (χ1n) is 3.43. The predicted molar refractivity (Wildman–Crippen MR) is 57.4 cm³/mol. The van der Waals surface area contributed by atoms with Gasteiger partial charge in [0.05, 0.1) is 0 Å². The minimum Gasteiger partial charge on any atom is -0.508 e. The van der Waals surface area contributed by atoms with Crippen LogP contribution in [0.4, 0.5) is 0 Å². The van der Waals surface area contributed by atoms with E-state index in [9.17, 15) is 5.11 Å². The fourth-order valence-electron chi connectivity index (χ4n) is 0.936. The van der Waals surface area contributed by atoms with E-state index in [1.54, 1.807) is 12.1 Å². The monoisotopic (exact) mass is 290 g/mol. The SMILES string of the molecule is C=CCc1c(O)cc(Br)cc1Br. The maximum Gasteiger partial charge on any atom is 0.121 e. The molecule has 1 nitrogen and oxygen atoms in total. The number of allylic oxidation sites excluding steroid dienone is 1. The van der Waals surface area contributed by atoms with Crippen molar-refractivity contribution in [2.45, 2.75) is 6.42 Å². The highest BCUT2D eigenvalue weighted by molar-refractivity contribution is 9.11. The van der Waals surface area contributed by atoms with Crippen LogP contribution in [0, 0.1) is 0 Å². The van der Waals surface area contributed by atoms with Gasteiger partial charge in [0.15, 0.2) is 0 Å². The first-order valence-corrected chi connectivity index (χ1v) is 5.01. The number of rotatable bonds is 2. The van der Waals surface area contributed by atoms with Gasteiger partial charge in [-0.15, -0.1) is 6.58 Å². The van der Waals surface area contributed by atoms with E-state index in [0.717, 1.165) is 14.5 Å². The van der Waals surface area contributed by atoms with Crippen LogP contribution in [0.5, 0.6) is 5.75 Å². The summed E-state index contributed by atoms with van der Waals surface area (Å²) in [6.45, 7) is 3.62. The van der Waals surface area contributed by atoms with Crippen LogP contribution >= 0.6 is 31.9 Å². The van der Waals surface area contributed by atoms with Crippen molar-refractivity contribution in [1.82, 2.24) is 0 Å².